The van der Waals surface area contributed by atoms with Crippen LogP contribution in [0.4, 0.5) is 0 Å². The van der Waals surface area contributed by atoms with Crippen molar-refractivity contribution in [3.63, 3.8) is 0 Å². The minimum Gasteiger partial charge on any atom is -0.393 e. The van der Waals surface area contributed by atoms with Crippen molar-refractivity contribution in [2.75, 3.05) is 0 Å². The van der Waals surface area contributed by atoms with E-state index in [0.29, 0.717) is 5.41 Å². The maximum Gasteiger partial charge on any atom is 0.0577 e. The second-order valence-corrected chi connectivity index (χ2v) is 12.4. The minimum absolute atomic E-state index is 0.0779. The fraction of sp³-hybridized carbons (Fsp3) is 0.929. The van der Waals surface area contributed by atoms with Crippen LogP contribution in [0.25, 0.3) is 0 Å². The molecule has 29 heavy (non-hydrogen) atoms. The molecular formula is C28H48O. The zero-order valence-corrected chi connectivity index (χ0v) is 20.0. The predicted molar refractivity (Wildman–Crippen MR) is 124 cm³/mol. The Hall–Kier alpha value is -0.300. The lowest BCUT2D eigenvalue weighted by Gasteiger charge is -2.51. The second-order valence-electron chi connectivity index (χ2n) is 12.4. The van der Waals surface area contributed by atoms with Crippen LogP contribution in [0, 0.1) is 52.8 Å². The summed E-state index contributed by atoms with van der Waals surface area (Å²) in [7, 11) is 0. The number of hydrogen-bond acceptors (Lipinski definition) is 1. The van der Waals surface area contributed by atoms with E-state index in [1.165, 1.54) is 57.8 Å². The van der Waals surface area contributed by atoms with Crippen molar-refractivity contribution < 1.29 is 5.11 Å². The first-order valence-electron chi connectivity index (χ1n) is 13.2. The standard InChI is InChI=1S/C28H48O/c1-18(2)7-6-8-19(3)23-12-13-25-24-11-10-21-17-22(29)15-16-28(21,5)26(24)14-9-20(4)27(23)25/h10,18-20,22-27,29H,6-9,11-17H2,1-5H3/t19-,20-,22?,23-,24?,25?,26?,27?,28+/m1/s1. The maximum absolute atomic E-state index is 10.3. The topological polar surface area (TPSA) is 20.2 Å². The zero-order chi connectivity index (χ0) is 20.8. The molecule has 0 aromatic carbocycles. The van der Waals surface area contributed by atoms with Crippen molar-refractivity contribution in [3.8, 4) is 0 Å². The van der Waals surface area contributed by atoms with Gasteiger partial charge in [-0.05, 0) is 97.7 Å². The Labute approximate surface area is 181 Å². The number of rotatable bonds is 5. The Bertz CT molecular complexity index is 591. The summed E-state index contributed by atoms with van der Waals surface area (Å²) in [5.41, 5.74) is 2.01. The van der Waals surface area contributed by atoms with Crippen molar-refractivity contribution in [2.45, 2.75) is 111 Å². The maximum atomic E-state index is 10.3. The lowest BCUT2D eigenvalue weighted by molar-refractivity contribution is 0.0277. The summed E-state index contributed by atoms with van der Waals surface area (Å²) in [6.45, 7) is 12.5. The number of hydrogen-bond donors (Lipinski definition) is 1. The first-order chi connectivity index (χ1) is 13.8. The number of aliphatic hydroxyl groups excluding tert-OH is 1. The van der Waals surface area contributed by atoms with Crippen molar-refractivity contribution in [3.05, 3.63) is 11.6 Å². The molecule has 9 atom stereocenters. The molecular weight excluding hydrogens is 352 g/mol. The molecule has 3 saturated carbocycles. The molecule has 1 nitrogen and oxygen atoms in total. The van der Waals surface area contributed by atoms with E-state index < -0.39 is 0 Å². The largest absolute Gasteiger partial charge is 0.393 e. The molecule has 1 heteroatoms. The summed E-state index contributed by atoms with van der Waals surface area (Å²) in [5.74, 6) is 7.40. The molecule has 0 amide bonds. The summed E-state index contributed by atoms with van der Waals surface area (Å²) in [6, 6.07) is 0. The van der Waals surface area contributed by atoms with Gasteiger partial charge in [0.15, 0.2) is 0 Å². The van der Waals surface area contributed by atoms with Gasteiger partial charge in [-0.25, -0.2) is 0 Å². The average molecular weight is 401 g/mol. The smallest absolute Gasteiger partial charge is 0.0577 e. The van der Waals surface area contributed by atoms with Crippen LogP contribution < -0.4 is 0 Å². The van der Waals surface area contributed by atoms with Crippen LogP contribution in [0.15, 0.2) is 11.6 Å². The van der Waals surface area contributed by atoms with E-state index in [1.54, 1.807) is 5.57 Å². The molecule has 0 heterocycles. The highest BCUT2D eigenvalue weighted by Crippen LogP contribution is 2.62. The van der Waals surface area contributed by atoms with E-state index in [9.17, 15) is 5.11 Å². The van der Waals surface area contributed by atoms with E-state index in [2.05, 4.69) is 40.7 Å². The number of allylic oxidation sites excluding steroid dienone is 1. The summed E-state index contributed by atoms with van der Waals surface area (Å²) < 4.78 is 0. The summed E-state index contributed by atoms with van der Waals surface area (Å²) in [5, 5.41) is 10.3. The third-order valence-corrected chi connectivity index (χ3v) is 10.3. The van der Waals surface area contributed by atoms with Gasteiger partial charge >= 0.3 is 0 Å². The highest BCUT2D eigenvalue weighted by Gasteiger charge is 2.54. The molecule has 4 aliphatic carbocycles. The van der Waals surface area contributed by atoms with Crippen molar-refractivity contribution in [1.82, 2.24) is 0 Å². The van der Waals surface area contributed by atoms with Gasteiger partial charge in [0.05, 0.1) is 6.10 Å². The molecule has 0 aromatic rings. The van der Waals surface area contributed by atoms with Crippen LogP contribution >= 0.6 is 0 Å². The predicted octanol–water partition coefficient (Wildman–Crippen LogP) is 7.63. The van der Waals surface area contributed by atoms with E-state index in [0.717, 1.165) is 60.2 Å². The third-order valence-electron chi connectivity index (χ3n) is 10.3. The van der Waals surface area contributed by atoms with Gasteiger partial charge in [0.25, 0.3) is 0 Å². The van der Waals surface area contributed by atoms with Crippen LogP contribution in [0.1, 0.15) is 105 Å². The summed E-state index contributed by atoms with van der Waals surface area (Å²) >= 11 is 0. The van der Waals surface area contributed by atoms with E-state index >= 15 is 0 Å². The lowest BCUT2D eigenvalue weighted by atomic mass is 9.54. The van der Waals surface area contributed by atoms with Crippen molar-refractivity contribution in [1.29, 1.82) is 0 Å². The van der Waals surface area contributed by atoms with Gasteiger partial charge in [0, 0.05) is 0 Å². The Morgan fingerprint density at radius 3 is 2.59 bits per heavy atom. The van der Waals surface area contributed by atoms with E-state index in [4.69, 9.17) is 0 Å². The number of fused-ring (bicyclic) bond motifs is 5. The van der Waals surface area contributed by atoms with Gasteiger partial charge in [-0.2, -0.15) is 0 Å². The first kappa shape index (κ1) is 21.9. The highest BCUT2D eigenvalue weighted by atomic mass is 16.3. The van der Waals surface area contributed by atoms with Gasteiger partial charge < -0.3 is 5.11 Å². The van der Waals surface area contributed by atoms with Crippen LogP contribution in [-0.4, -0.2) is 11.2 Å². The molecule has 0 bridgehead atoms. The second kappa shape index (κ2) is 8.68. The zero-order valence-electron chi connectivity index (χ0n) is 20.0. The molecule has 0 spiro atoms. The normalized spacial score (nSPS) is 45.8. The van der Waals surface area contributed by atoms with Gasteiger partial charge in [-0.3, -0.25) is 0 Å². The molecule has 0 saturated heterocycles. The Morgan fingerprint density at radius 2 is 1.83 bits per heavy atom. The molecule has 0 radical (unpaired) electrons. The Morgan fingerprint density at radius 1 is 1.03 bits per heavy atom. The van der Waals surface area contributed by atoms with Crippen LogP contribution in [0.5, 0.6) is 0 Å². The third kappa shape index (κ3) is 4.11. The average Bonchev–Trinajstić information content (AvgIpc) is 3.05. The molecule has 0 aromatic heterocycles. The molecule has 4 rings (SSSR count). The molecule has 4 aliphatic rings. The number of aliphatic hydroxyl groups is 1. The summed E-state index contributed by atoms with van der Waals surface area (Å²) in [4.78, 5) is 0. The Kier molecular flexibility index (Phi) is 6.56. The molecule has 166 valence electrons. The van der Waals surface area contributed by atoms with Gasteiger partial charge in [0.1, 0.15) is 0 Å². The Balaban J connectivity index is 1.52. The van der Waals surface area contributed by atoms with Crippen molar-refractivity contribution in [2.24, 2.45) is 52.8 Å². The molecule has 0 aliphatic heterocycles. The molecule has 3 fully saturated rings. The first-order valence-corrected chi connectivity index (χ1v) is 13.2. The van der Waals surface area contributed by atoms with E-state index in [-0.39, 0.29) is 6.10 Å². The van der Waals surface area contributed by atoms with Gasteiger partial charge in [-0.1, -0.05) is 72.0 Å². The van der Waals surface area contributed by atoms with Gasteiger partial charge in [0.2, 0.25) is 0 Å². The lowest BCUT2D eigenvalue weighted by Crippen LogP contribution is -2.44. The fourth-order valence-corrected chi connectivity index (χ4v) is 8.67. The SMILES string of the molecule is CC(C)CCC[C@@H](C)[C@H]1CCC2C3CC=C4CC(O)CC[C@]4(C)C3CC[C@@H](C)C21. The summed E-state index contributed by atoms with van der Waals surface area (Å²) in [6.07, 6.45) is 17.2. The minimum atomic E-state index is -0.0779. The van der Waals surface area contributed by atoms with Crippen molar-refractivity contribution >= 4 is 0 Å². The molecule has 5 unspecified atom stereocenters. The van der Waals surface area contributed by atoms with Gasteiger partial charge in [-0.15, -0.1) is 0 Å². The van der Waals surface area contributed by atoms with Crippen LogP contribution in [0.2, 0.25) is 0 Å². The monoisotopic (exact) mass is 400 g/mol. The van der Waals surface area contributed by atoms with Crippen LogP contribution in [-0.2, 0) is 0 Å². The highest BCUT2D eigenvalue weighted by molar-refractivity contribution is 5.24. The van der Waals surface area contributed by atoms with E-state index in [1.807, 2.05) is 0 Å². The van der Waals surface area contributed by atoms with Crippen LogP contribution in [0.3, 0.4) is 0 Å². The fourth-order valence-electron chi connectivity index (χ4n) is 8.67. The quantitative estimate of drug-likeness (QED) is 0.470. The molecule has 1 N–H and O–H groups in total.